The van der Waals surface area contributed by atoms with Crippen molar-refractivity contribution in [3.05, 3.63) is 65.7 Å². The van der Waals surface area contributed by atoms with Gasteiger partial charge in [-0.3, -0.25) is 4.79 Å². The molecule has 0 saturated heterocycles. The molecule has 3 rings (SSSR count). The first-order valence-electron chi connectivity index (χ1n) is 9.59. The number of aromatic nitrogens is 2. The number of nitrogens with zero attached hydrogens (tertiary/aromatic N) is 4. The molecule has 0 spiro atoms. The second kappa shape index (κ2) is 9.09. The fourth-order valence-electron chi connectivity index (χ4n) is 3.11. The number of hydrogen-bond donors (Lipinski definition) is 1. The van der Waals surface area contributed by atoms with Gasteiger partial charge in [0.15, 0.2) is 5.76 Å². The van der Waals surface area contributed by atoms with Crippen LogP contribution in [-0.4, -0.2) is 27.3 Å². The number of nitriles is 1. The molecule has 3 heterocycles. The van der Waals surface area contributed by atoms with Crippen molar-refractivity contribution in [3.8, 4) is 17.5 Å². The van der Waals surface area contributed by atoms with Crippen LogP contribution >= 0.6 is 0 Å². The van der Waals surface area contributed by atoms with Crippen LogP contribution in [0.4, 0.5) is 19.1 Å². The van der Waals surface area contributed by atoms with Gasteiger partial charge in [-0.2, -0.15) is 18.4 Å². The Kier molecular flexibility index (Phi) is 6.48. The molecule has 0 bridgehead atoms. The van der Waals surface area contributed by atoms with E-state index in [0.717, 1.165) is 5.57 Å². The van der Waals surface area contributed by atoms with E-state index in [1.807, 2.05) is 0 Å². The minimum Gasteiger partial charge on any atom is -0.459 e. The van der Waals surface area contributed by atoms with E-state index in [-0.39, 0.29) is 30.6 Å². The smallest absolute Gasteiger partial charge is 0.420 e. The highest BCUT2D eigenvalue weighted by molar-refractivity contribution is 5.78. The lowest BCUT2D eigenvalue weighted by Gasteiger charge is -2.25. The lowest BCUT2D eigenvalue weighted by Crippen LogP contribution is -2.35. The molecule has 2 aromatic rings. The summed E-state index contributed by atoms with van der Waals surface area (Å²) in [6.07, 6.45) is -0.672. The normalized spacial score (nSPS) is 13.5. The van der Waals surface area contributed by atoms with Crippen molar-refractivity contribution in [1.82, 2.24) is 14.9 Å². The van der Waals surface area contributed by atoms with Gasteiger partial charge < -0.3 is 14.6 Å². The highest BCUT2D eigenvalue weighted by Crippen LogP contribution is 2.38. The number of rotatable bonds is 6. The zero-order valence-corrected chi connectivity index (χ0v) is 17.3. The Morgan fingerprint density at radius 3 is 2.81 bits per heavy atom. The average molecular weight is 443 g/mol. The van der Waals surface area contributed by atoms with Crippen LogP contribution in [0.15, 0.2) is 53.3 Å². The lowest BCUT2D eigenvalue weighted by molar-refractivity contribution is -0.137. The predicted octanol–water partition coefficient (Wildman–Crippen LogP) is 4.61. The van der Waals surface area contributed by atoms with Gasteiger partial charge in [0.05, 0.1) is 6.07 Å². The standard InChI is InChI=1S/C22H20F3N5O2/c1-13(2)4-5-14(3)28-21-27-11-16(22(23,24)25)20(29-21)18-10-15-12-30(19(31)6-8-26)9-7-17(15)32-18/h4-5,10-11H,1,3,6-7,9,12H2,2H3,(H,27,28,29)/b5-4-. The Morgan fingerprint density at radius 2 is 2.16 bits per heavy atom. The fraction of sp³-hybridized carbons (Fsp3) is 0.273. The van der Waals surface area contributed by atoms with Crippen LogP contribution in [0, 0.1) is 11.3 Å². The van der Waals surface area contributed by atoms with Gasteiger partial charge in [-0.05, 0) is 19.1 Å². The maximum atomic E-state index is 13.6. The molecule has 0 aliphatic carbocycles. The number of nitrogens with one attached hydrogen (secondary N) is 1. The number of carbonyl (C=O) groups excluding carboxylic acids is 1. The highest BCUT2D eigenvalue weighted by Gasteiger charge is 2.37. The number of hydrogen-bond acceptors (Lipinski definition) is 6. The fourth-order valence-corrected chi connectivity index (χ4v) is 3.11. The van der Waals surface area contributed by atoms with E-state index in [1.54, 1.807) is 25.1 Å². The van der Waals surface area contributed by atoms with Gasteiger partial charge in [-0.1, -0.05) is 24.8 Å². The molecule has 0 atom stereocenters. The van der Waals surface area contributed by atoms with E-state index in [0.29, 0.717) is 36.2 Å². The lowest BCUT2D eigenvalue weighted by atomic mass is 10.1. The molecule has 0 fully saturated rings. The molecule has 1 aliphatic rings. The summed E-state index contributed by atoms with van der Waals surface area (Å²) < 4.78 is 46.5. The zero-order chi connectivity index (χ0) is 23.5. The first kappa shape index (κ1) is 22.8. The van der Waals surface area contributed by atoms with Crippen LogP contribution in [0.3, 0.4) is 0 Å². The molecule has 0 aromatic carbocycles. The van der Waals surface area contributed by atoms with Crippen LogP contribution in [0.2, 0.25) is 0 Å². The molecule has 1 aliphatic heterocycles. The maximum absolute atomic E-state index is 13.6. The van der Waals surface area contributed by atoms with E-state index >= 15 is 0 Å². The number of halogens is 3. The second-order valence-corrected chi connectivity index (χ2v) is 7.24. The number of carbonyl (C=O) groups is 1. The van der Waals surface area contributed by atoms with Crippen LogP contribution in [0.1, 0.15) is 30.2 Å². The molecular weight excluding hydrogens is 423 g/mol. The third-order valence-corrected chi connectivity index (χ3v) is 4.62. The van der Waals surface area contributed by atoms with Crippen molar-refractivity contribution >= 4 is 11.9 Å². The number of allylic oxidation sites excluding steroid dienone is 3. The number of furan rings is 1. The van der Waals surface area contributed by atoms with Crippen LogP contribution in [0.5, 0.6) is 0 Å². The summed E-state index contributed by atoms with van der Waals surface area (Å²) in [5, 5.41) is 11.5. The quantitative estimate of drug-likeness (QED) is 0.655. The predicted molar refractivity (Wildman–Crippen MR) is 111 cm³/mol. The largest absolute Gasteiger partial charge is 0.459 e. The molecule has 32 heavy (non-hydrogen) atoms. The molecule has 1 amide bonds. The van der Waals surface area contributed by atoms with Crippen LogP contribution < -0.4 is 5.32 Å². The molecule has 166 valence electrons. The second-order valence-electron chi connectivity index (χ2n) is 7.24. The number of alkyl halides is 3. The van der Waals surface area contributed by atoms with Gasteiger partial charge in [0.25, 0.3) is 0 Å². The molecule has 0 radical (unpaired) electrons. The minimum absolute atomic E-state index is 0.0783. The Balaban J connectivity index is 1.94. The molecule has 2 aromatic heterocycles. The number of amides is 1. The van der Waals surface area contributed by atoms with Crippen molar-refractivity contribution in [3.63, 3.8) is 0 Å². The Hall–Kier alpha value is -3.87. The van der Waals surface area contributed by atoms with E-state index in [4.69, 9.17) is 9.68 Å². The summed E-state index contributed by atoms with van der Waals surface area (Å²) in [5.41, 5.74) is 0.243. The van der Waals surface area contributed by atoms with Gasteiger partial charge in [-0.15, -0.1) is 0 Å². The monoisotopic (exact) mass is 443 g/mol. The summed E-state index contributed by atoms with van der Waals surface area (Å²) in [6.45, 7) is 9.74. The van der Waals surface area contributed by atoms with Gasteiger partial charge >= 0.3 is 6.18 Å². The zero-order valence-electron chi connectivity index (χ0n) is 17.3. The summed E-state index contributed by atoms with van der Waals surface area (Å²) in [4.78, 5) is 21.2. The van der Waals surface area contributed by atoms with Crippen molar-refractivity contribution < 1.29 is 22.4 Å². The highest BCUT2D eigenvalue weighted by atomic mass is 19.4. The number of anilines is 1. The van der Waals surface area contributed by atoms with Crippen molar-refractivity contribution in [2.75, 3.05) is 11.9 Å². The molecule has 0 unspecified atom stereocenters. The topological polar surface area (TPSA) is 95.0 Å². The van der Waals surface area contributed by atoms with Crippen molar-refractivity contribution in [1.29, 1.82) is 5.26 Å². The first-order valence-corrected chi connectivity index (χ1v) is 9.59. The molecular formula is C22H20F3N5O2. The summed E-state index contributed by atoms with van der Waals surface area (Å²) in [7, 11) is 0. The van der Waals surface area contributed by atoms with E-state index < -0.39 is 17.4 Å². The third-order valence-electron chi connectivity index (χ3n) is 4.62. The van der Waals surface area contributed by atoms with Crippen molar-refractivity contribution in [2.24, 2.45) is 0 Å². The molecule has 1 N–H and O–H groups in total. The van der Waals surface area contributed by atoms with E-state index in [9.17, 15) is 18.0 Å². The summed E-state index contributed by atoms with van der Waals surface area (Å²) >= 11 is 0. The van der Waals surface area contributed by atoms with Crippen molar-refractivity contribution in [2.45, 2.75) is 32.5 Å². The average Bonchev–Trinajstić information content (AvgIpc) is 3.15. The summed E-state index contributed by atoms with van der Waals surface area (Å²) in [6, 6.07) is 3.24. The third kappa shape index (κ3) is 5.24. The number of fused-ring (bicyclic) bond motifs is 1. The molecule has 7 nitrogen and oxygen atoms in total. The Morgan fingerprint density at radius 1 is 1.41 bits per heavy atom. The minimum atomic E-state index is -4.70. The van der Waals surface area contributed by atoms with E-state index in [2.05, 4.69) is 28.4 Å². The van der Waals surface area contributed by atoms with Gasteiger partial charge in [0.2, 0.25) is 11.9 Å². The summed E-state index contributed by atoms with van der Waals surface area (Å²) in [5.74, 6) is -0.0159. The first-order chi connectivity index (χ1) is 15.1. The van der Waals surface area contributed by atoms with Gasteiger partial charge in [-0.25, -0.2) is 9.97 Å². The van der Waals surface area contributed by atoms with Crippen LogP contribution in [0.25, 0.3) is 11.5 Å². The van der Waals surface area contributed by atoms with Crippen LogP contribution in [-0.2, 0) is 23.9 Å². The maximum Gasteiger partial charge on any atom is 0.420 e. The molecule has 10 heteroatoms. The molecule has 0 saturated carbocycles. The van der Waals surface area contributed by atoms with Gasteiger partial charge in [0, 0.05) is 37.0 Å². The van der Waals surface area contributed by atoms with E-state index in [1.165, 1.54) is 11.0 Å². The Labute approximate surface area is 182 Å². The Bertz CT molecular complexity index is 1140. The SMILES string of the molecule is C=C(C)/C=C\C(=C)Nc1ncc(C(F)(F)F)c(-c2cc3c(o2)CCN(C(=O)CC#N)C3)n1. The van der Waals surface area contributed by atoms with Gasteiger partial charge in [0.1, 0.15) is 23.4 Å².